The van der Waals surface area contributed by atoms with Crippen molar-refractivity contribution in [2.24, 2.45) is 0 Å². The molecule has 1 aliphatic rings. The number of nitrogens with zero attached hydrogens (tertiary/aromatic N) is 1. The summed E-state index contributed by atoms with van der Waals surface area (Å²) in [5.74, 6) is 0. The van der Waals surface area contributed by atoms with E-state index < -0.39 is 0 Å². The van der Waals surface area contributed by atoms with Crippen LogP contribution in [0.2, 0.25) is 0 Å². The highest BCUT2D eigenvalue weighted by Crippen LogP contribution is 2.29. The van der Waals surface area contributed by atoms with E-state index in [0.29, 0.717) is 0 Å². The normalized spacial score (nSPS) is 15.9. The Morgan fingerprint density at radius 3 is 2.69 bits per heavy atom. The maximum absolute atomic E-state index is 3.38. The molecule has 1 aliphatic carbocycles. The van der Waals surface area contributed by atoms with E-state index in [1.54, 1.807) is 0 Å². The summed E-state index contributed by atoms with van der Waals surface area (Å²) in [5, 5.41) is 3.38. The van der Waals surface area contributed by atoms with Crippen molar-refractivity contribution in [3.05, 3.63) is 21.9 Å². The fourth-order valence-corrected chi connectivity index (χ4v) is 3.00. The molecule has 1 N–H and O–H groups in total. The van der Waals surface area contributed by atoms with E-state index in [4.69, 9.17) is 0 Å². The van der Waals surface area contributed by atoms with Crippen LogP contribution in [0.1, 0.15) is 36.4 Å². The lowest BCUT2D eigenvalue weighted by Gasteiger charge is -2.18. The zero-order chi connectivity index (χ0) is 11.4. The Morgan fingerprint density at radius 2 is 2.06 bits per heavy atom. The van der Waals surface area contributed by atoms with Gasteiger partial charge in [-0.05, 0) is 38.1 Å². The Kier molecular flexibility index (Phi) is 4.38. The first-order chi connectivity index (χ1) is 7.83. The van der Waals surface area contributed by atoms with Crippen LogP contribution in [0.5, 0.6) is 0 Å². The fraction of sp³-hybridized carbons (Fsp3) is 0.692. The van der Waals surface area contributed by atoms with E-state index in [0.717, 1.165) is 25.7 Å². The minimum Gasteiger partial charge on any atom is -0.312 e. The van der Waals surface area contributed by atoms with Crippen LogP contribution in [0, 0.1) is 0 Å². The molecule has 0 unspecified atom stereocenters. The molecule has 1 heterocycles. The highest BCUT2D eigenvalue weighted by molar-refractivity contribution is 7.11. The largest absolute Gasteiger partial charge is 0.312 e. The molecular formula is C13H22N2S. The first-order valence-electron chi connectivity index (χ1n) is 6.35. The summed E-state index contributed by atoms with van der Waals surface area (Å²) >= 11 is 1.96. The van der Waals surface area contributed by atoms with Crippen molar-refractivity contribution in [2.75, 3.05) is 13.1 Å². The third kappa shape index (κ3) is 3.30. The minimum atomic E-state index is 0.879. The van der Waals surface area contributed by atoms with E-state index in [9.17, 15) is 0 Å². The average Bonchev–Trinajstić information content (AvgIpc) is 3.04. The summed E-state index contributed by atoms with van der Waals surface area (Å²) in [7, 11) is 0. The molecule has 2 nitrogen and oxygen atoms in total. The van der Waals surface area contributed by atoms with Crippen molar-refractivity contribution >= 4 is 11.3 Å². The Bertz CT molecular complexity index is 317. The highest BCUT2D eigenvalue weighted by Gasteiger charge is 2.27. The van der Waals surface area contributed by atoms with E-state index in [1.165, 1.54) is 29.1 Å². The molecule has 0 aliphatic heterocycles. The van der Waals surface area contributed by atoms with Gasteiger partial charge >= 0.3 is 0 Å². The summed E-state index contributed by atoms with van der Waals surface area (Å²) in [6, 6.07) is 5.44. The summed E-state index contributed by atoms with van der Waals surface area (Å²) < 4.78 is 0. The number of rotatable bonds is 7. The Morgan fingerprint density at radius 1 is 1.31 bits per heavy atom. The molecule has 0 radical (unpaired) electrons. The highest BCUT2D eigenvalue weighted by atomic mass is 32.1. The van der Waals surface area contributed by atoms with Gasteiger partial charge in [-0.1, -0.05) is 13.8 Å². The van der Waals surface area contributed by atoms with E-state index in [1.807, 2.05) is 11.3 Å². The first-order valence-corrected chi connectivity index (χ1v) is 7.17. The lowest BCUT2D eigenvalue weighted by Crippen LogP contribution is -2.24. The van der Waals surface area contributed by atoms with Gasteiger partial charge in [0, 0.05) is 28.9 Å². The fourth-order valence-electron chi connectivity index (χ4n) is 1.99. The van der Waals surface area contributed by atoms with Crippen molar-refractivity contribution in [1.82, 2.24) is 10.2 Å². The van der Waals surface area contributed by atoms with E-state index >= 15 is 0 Å². The summed E-state index contributed by atoms with van der Waals surface area (Å²) in [4.78, 5) is 5.58. The predicted octanol–water partition coefficient (Wildman–Crippen LogP) is 2.84. The molecule has 16 heavy (non-hydrogen) atoms. The van der Waals surface area contributed by atoms with Gasteiger partial charge in [0.25, 0.3) is 0 Å². The maximum Gasteiger partial charge on any atom is 0.0330 e. The second-order valence-electron chi connectivity index (χ2n) is 4.44. The van der Waals surface area contributed by atoms with Gasteiger partial charge in [-0.3, -0.25) is 4.90 Å². The average molecular weight is 238 g/mol. The van der Waals surface area contributed by atoms with Gasteiger partial charge in [0.05, 0.1) is 0 Å². The van der Waals surface area contributed by atoms with E-state index in [-0.39, 0.29) is 0 Å². The predicted molar refractivity (Wildman–Crippen MR) is 70.8 cm³/mol. The summed E-state index contributed by atoms with van der Waals surface area (Å²) in [6.45, 7) is 8.84. The van der Waals surface area contributed by atoms with Crippen molar-refractivity contribution in [1.29, 1.82) is 0 Å². The van der Waals surface area contributed by atoms with Crippen molar-refractivity contribution < 1.29 is 0 Å². The minimum absolute atomic E-state index is 0.879. The molecule has 1 aromatic rings. The Hall–Kier alpha value is -0.380. The molecule has 2 rings (SSSR count). The van der Waals surface area contributed by atoms with Crippen LogP contribution in [0.3, 0.4) is 0 Å². The second kappa shape index (κ2) is 5.80. The molecule has 0 amide bonds. The van der Waals surface area contributed by atoms with Crippen molar-refractivity contribution in [3.8, 4) is 0 Å². The maximum atomic E-state index is 3.38. The molecule has 0 aromatic carbocycles. The van der Waals surface area contributed by atoms with Crippen LogP contribution >= 0.6 is 11.3 Å². The van der Waals surface area contributed by atoms with Crippen LogP contribution in [-0.4, -0.2) is 24.0 Å². The van der Waals surface area contributed by atoms with Gasteiger partial charge in [-0.2, -0.15) is 0 Å². The van der Waals surface area contributed by atoms with E-state index in [2.05, 4.69) is 36.2 Å². The lowest BCUT2D eigenvalue weighted by molar-refractivity contribution is 0.272. The molecule has 0 bridgehead atoms. The van der Waals surface area contributed by atoms with Gasteiger partial charge in [0.2, 0.25) is 0 Å². The molecular weight excluding hydrogens is 216 g/mol. The summed E-state index contributed by atoms with van der Waals surface area (Å²) in [5.41, 5.74) is 0. The SMILES string of the molecule is CCNCc1ccc(CN(CC)C2CC2)s1. The number of thiophene rings is 1. The van der Waals surface area contributed by atoms with Crippen LogP contribution in [0.4, 0.5) is 0 Å². The smallest absolute Gasteiger partial charge is 0.0330 e. The Balaban J connectivity index is 1.85. The second-order valence-corrected chi connectivity index (χ2v) is 5.70. The number of hydrogen-bond acceptors (Lipinski definition) is 3. The van der Waals surface area contributed by atoms with Crippen LogP contribution in [0.15, 0.2) is 12.1 Å². The third-order valence-corrected chi connectivity index (χ3v) is 4.16. The molecule has 0 spiro atoms. The van der Waals surface area contributed by atoms with Gasteiger partial charge in [-0.15, -0.1) is 11.3 Å². The van der Waals surface area contributed by atoms with Crippen LogP contribution in [-0.2, 0) is 13.1 Å². The van der Waals surface area contributed by atoms with Gasteiger partial charge in [-0.25, -0.2) is 0 Å². The molecule has 1 aromatic heterocycles. The van der Waals surface area contributed by atoms with Gasteiger partial charge in [0.15, 0.2) is 0 Å². The van der Waals surface area contributed by atoms with Crippen LogP contribution in [0.25, 0.3) is 0 Å². The zero-order valence-electron chi connectivity index (χ0n) is 10.3. The Labute approximate surface area is 103 Å². The number of nitrogens with one attached hydrogen (secondary N) is 1. The van der Waals surface area contributed by atoms with Crippen molar-refractivity contribution in [2.45, 2.75) is 45.8 Å². The lowest BCUT2D eigenvalue weighted by atomic mass is 10.3. The topological polar surface area (TPSA) is 15.3 Å². The monoisotopic (exact) mass is 238 g/mol. The quantitative estimate of drug-likeness (QED) is 0.786. The first kappa shape index (κ1) is 12.1. The molecule has 1 saturated carbocycles. The third-order valence-electron chi connectivity index (χ3n) is 3.09. The zero-order valence-corrected chi connectivity index (χ0v) is 11.1. The number of hydrogen-bond donors (Lipinski definition) is 1. The molecule has 0 saturated heterocycles. The van der Waals surface area contributed by atoms with Gasteiger partial charge in [0.1, 0.15) is 0 Å². The summed E-state index contributed by atoms with van der Waals surface area (Å²) in [6.07, 6.45) is 2.81. The molecule has 3 heteroatoms. The molecule has 90 valence electrons. The molecule has 0 atom stereocenters. The van der Waals surface area contributed by atoms with Crippen molar-refractivity contribution in [3.63, 3.8) is 0 Å². The van der Waals surface area contributed by atoms with Gasteiger partial charge < -0.3 is 5.32 Å². The van der Waals surface area contributed by atoms with Crippen LogP contribution < -0.4 is 5.32 Å². The molecule has 1 fully saturated rings. The standard InChI is InChI=1S/C13H22N2S/c1-3-14-9-12-7-8-13(16-12)10-15(4-2)11-5-6-11/h7-8,11,14H,3-6,9-10H2,1-2H3.